The van der Waals surface area contributed by atoms with Gasteiger partial charge in [-0.3, -0.25) is 9.78 Å². The molecule has 3 rings (SSSR count). The van der Waals surface area contributed by atoms with Gasteiger partial charge in [0.25, 0.3) is 5.91 Å². The molecule has 0 spiro atoms. The number of rotatable bonds is 7. The summed E-state index contributed by atoms with van der Waals surface area (Å²) in [5.74, 6) is -0.0377. The minimum absolute atomic E-state index is 0.0377. The molecule has 0 bridgehead atoms. The lowest BCUT2D eigenvalue weighted by atomic mass is 10.1. The lowest BCUT2D eigenvalue weighted by molar-refractivity contribution is 0.0953. The van der Waals surface area contributed by atoms with E-state index in [1.165, 1.54) is 5.56 Å². The Kier molecular flexibility index (Phi) is 5.75. The first-order chi connectivity index (χ1) is 12.2. The molecule has 25 heavy (non-hydrogen) atoms. The topological polar surface area (TPSA) is 45.2 Å². The van der Waals surface area contributed by atoms with Crippen molar-refractivity contribution in [2.45, 2.75) is 13.0 Å². The van der Waals surface area contributed by atoms with Gasteiger partial charge in [-0.05, 0) is 37.7 Å². The molecule has 1 N–H and O–H groups in total. The fourth-order valence-electron chi connectivity index (χ4n) is 2.91. The molecular weight excluding hydrogens is 310 g/mol. The monoisotopic (exact) mass is 333 g/mol. The van der Waals surface area contributed by atoms with Crippen LogP contribution in [0.1, 0.15) is 22.3 Å². The molecule has 4 nitrogen and oxygen atoms in total. The summed E-state index contributed by atoms with van der Waals surface area (Å²) in [7, 11) is 2.10. The summed E-state index contributed by atoms with van der Waals surface area (Å²) in [6.07, 6.45) is 2.60. The third-order valence-corrected chi connectivity index (χ3v) is 4.19. The number of aromatic nitrogens is 1. The van der Waals surface area contributed by atoms with Crippen molar-refractivity contribution >= 4 is 16.8 Å². The molecule has 0 aliphatic heterocycles. The van der Waals surface area contributed by atoms with E-state index in [0.29, 0.717) is 12.1 Å². The summed E-state index contributed by atoms with van der Waals surface area (Å²) in [5.41, 5.74) is 2.83. The highest BCUT2D eigenvalue weighted by Gasteiger charge is 2.09. The average Bonchev–Trinajstić information content (AvgIpc) is 2.65. The quantitative estimate of drug-likeness (QED) is 0.673. The highest BCUT2D eigenvalue weighted by molar-refractivity contribution is 6.05. The Bertz CT molecular complexity index is 827. The van der Waals surface area contributed by atoms with Crippen LogP contribution in [0.4, 0.5) is 0 Å². The maximum absolute atomic E-state index is 12.4. The Hall–Kier alpha value is -2.72. The summed E-state index contributed by atoms with van der Waals surface area (Å²) < 4.78 is 0. The van der Waals surface area contributed by atoms with Crippen molar-refractivity contribution in [2.75, 3.05) is 20.1 Å². The third-order valence-electron chi connectivity index (χ3n) is 4.19. The molecule has 3 aromatic rings. The number of pyridine rings is 1. The summed E-state index contributed by atoms with van der Waals surface area (Å²) in [4.78, 5) is 19.0. The first-order valence-corrected chi connectivity index (χ1v) is 8.58. The van der Waals surface area contributed by atoms with E-state index < -0.39 is 0 Å². The summed E-state index contributed by atoms with van der Waals surface area (Å²) in [6, 6.07) is 19.9. The van der Waals surface area contributed by atoms with E-state index >= 15 is 0 Å². The van der Waals surface area contributed by atoms with Crippen LogP contribution in [0.5, 0.6) is 0 Å². The summed E-state index contributed by atoms with van der Waals surface area (Å²) in [5, 5.41) is 3.91. The van der Waals surface area contributed by atoms with Crippen LogP contribution < -0.4 is 5.32 Å². The minimum Gasteiger partial charge on any atom is -0.352 e. The number of nitrogens with zero attached hydrogens (tertiary/aromatic N) is 2. The molecule has 2 aromatic carbocycles. The molecule has 0 unspecified atom stereocenters. The van der Waals surface area contributed by atoms with Crippen LogP contribution in [0, 0.1) is 0 Å². The fourth-order valence-corrected chi connectivity index (χ4v) is 2.91. The molecule has 128 valence electrons. The van der Waals surface area contributed by atoms with Gasteiger partial charge in [-0.2, -0.15) is 0 Å². The first-order valence-electron chi connectivity index (χ1n) is 8.58. The zero-order valence-corrected chi connectivity index (χ0v) is 14.5. The van der Waals surface area contributed by atoms with Crippen LogP contribution in [0.2, 0.25) is 0 Å². The number of hydrogen-bond donors (Lipinski definition) is 1. The van der Waals surface area contributed by atoms with Crippen molar-refractivity contribution in [3.63, 3.8) is 0 Å². The Morgan fingerprint density at radius 1 is 1.04 bits per heavy atom. The average molecular weight is 333 g/mol. The molecule has 1 heterocycles. The number of nitrogens with one attached hydrogen (secondary N) is 1. The number of benzene rings is 2. The zero-order valence-electron chi connectivity index (χ0n) is 14.5. The minimum atomic E-state index is -0.0377. The molecule has 0 saturated carbocycles. The van der Waals surface area contributed by atoms with Crippen molar-refractivity contribution in [2.24, 2.45) is 0 Å². The van der Waals surface area contributed by atoms with Crippen LogP contribution in [0.3, 0.4) is 0 Å². The van der Waals surface area contributed by atoms with Gasteiger partial charge in [-0.15, -0.1) is 0 Å². The number of hydrogen-bond acceptors (Lipinski definition) is 3. The van der Waals surface area contributed by atoms with E-state index in [4.69, 9.17) is 0 Å². The van der Waals surface area contributed by atoms with Crippen LogP contribution in [-0.2, 0) is 6.54 Å². The van der Waals surface area contributed by atoms with Gasteiger partial charge in [0.2, 0.25) is 0 Å². The molecule has 0 aliphatic rings. The molecule has 0 radical (unpaired) electrons. The lowest BCUT2D eigenvalue weighted by Gasteiger charge is -2.16. The van der Waals surface area contributed by atoms with Gasteiger partial charge in [0.05, 0.1) is 11.1 Å². The smallest absolute Gasteiger partial charge is 0.252 e. The number of fused-ring (bicyclic) bond motifs is 1. The molecule has 0 fully saturated rings. The van der Waals surface area contributed by atoms with Gasteiger partial charge in [-0.1, -0.05) is 48.5 Å². The molecule has 0 saturated heterocycles. The predicted molar refractivity (Wildman–Crippen MR) is 101 cm³/mol. The van der Waals surface area contributed by atoms with Gasteiger partial charge in [0, 0.05) is 24.7 Å². The normalized spacial score (nSPS) is 11.0. The molecule has 4 heteroatoms. The van der Waals surface area contributed by atoms with E-state index in [2.05, 4.69) is 46.5 Å². The maximum Gasteiger partial charge on any atom is 0.252 e. The summed E-state index contributed by atoms with van der Waals surface area (Å²) >= 11 is 0. The lowest BCUT2D eigenvalue weighted by Crippen LogP contribution is -2.28. The molecular formula is C21H23N3O. The van der Waals surface area contributed by atoms with Gasteiger partial charge in [-0.25, -0.2) is 0 Å². The third kappa shape index (κ3) is 4.64. The SMILES string of the molecule is CN(CCCNC(=O)c1ccnc2ccccc12)Cc1ccccc1. The molecule has 0 atom stereocenters. The second-order valence-corrected chi connectivity index (χ2v) is 6.21. The molecule has 1 aromatic heterocycles. The second kappa shape index (κ2) is 8.40. The van der Waals surface area contributed by atoms with Crippen molar-refractivity contribution < 1.29 is 4.79 Å². The Morgan fingerprint density at radius 2 is 1.80 bits per heavy atom. The van der Waals surface area contributed by atoms with Crippen LogP contribution in [-0.4, -0.2) is 35.9 Å². The van der Waals surface area contributed by atoms with Gasteiger partial charge >= 0.3 is 0 Å². The largest absolute Gasteiger partial charge is 0.352 e. The van der Waals surface area contributed by atoms with Gasteiger partial charge < -0.3 is 10.2 Å². The van der Waals surface area contributed by atoms with E-state index in [1.807, 2.05) is 30.3 Å². The number of carbonyl (C=O) groups excluding carboxylic acids is 1. The van der Waals surface area contributed by atoms with Crippen molar-refractivity contribution in [3.8, 4) is 0 Å². The van der Waals surface area contributed by atoms with E-state index in [-0.39, 0.29) is 5.91 Å². The highest BCUT2D eigenvalue weighted by atomic mass is 16.1. The summed E-state index contributed by atoms with van der Waals surface area (Å²) in [6.45, 7) is 2.52. The maximum atomic E-state index is 12.4. The van der Waals surface area contributed by atoms with E-state index in [0.717, 1.165) is 30.4 Å². The molecule has 0 aliphatic carbocycles. The van der Waals surface area contributed by atoms with Crippen molar-refractivity contribution in [1.82, 2.24) is 15.2 Å². The van der Waals surface area contributed by atoms with Crippen LogP contribution in [0.25, 0.3) is 10.9 Å². The highest BCUT2D eigenvalue weighted by Crippen LogP contribution is 2.15. The number of carbonyl (C=O) groups is 1. The van der Waals surface area contributed by atoms with Gasteiger partial charge in [0.15, 0.2) is 0 Å². The van der Waals surface area contributed by atoms with E-state index in [9.17, 15) is 4.79 Å². The Morgan fingerprint density at radius 3 is 2.64 bits per heavy atom. The van der Waals surface area contributed by atoms with Crippen molar-refractivity contribution in [1.29, 1.82) is 0 Å². The van der Waals surface area contributed by atoms with Crippen LogP contribution in [0.15, 0.2) is 66.9 Å². The standard InChI is InChI=1S/C21H23N3O/c1-24(16-17-8-3-2-4-9-17)15-7-13-23-21(25)19-12-14-22-20-11-6-5-10-18(19)20/h2-6,8-12,14H,7,13,15-16H2,1H3,(H,23,25). The number of para-hydroxylation sites is 1. The van der Waals surface area contributed by atoms with E-state index in [1.54, 1.807) is 12.3 Å². The second-order valence-electron chi connectivity index (χ2n) is 6.21. The van der Waals surface area contributed by atoms with Crippen LogP contribution >= 0.6 is 0 Å². The Labute approximate surface area is 148 Å². The molecule has 1 amide bonds. The Balaban J connectivity index is 1.48. The van der Waals surface area contributed by atoms with Crippen molar-refractivity contribution in [3.05, 3.63) is 78.0 Å². The zero-order chi connectivity index (χ0) is 17.5. The first kappa shape index (κ1) is 17.1. The fraction of sp³-hybridized carbons (Fsp3) is 0.238. The van der Waals surface area contributed by atoms with Gasteiger partial charge in [0.1, 0.15) is 0 Å². The predicted octanol–water partition coefficient (Wildman–Crippen LogP) is 3.49. The number of amides is 1.